The van der Waals surface area contributed by atoms with Gasteiger partial charge in [0.2, 0.25) is 0 Å². The molecule has 0 amide bonds. The van der Waals surface area contributed by atoms with Gasteiger partial charge in [0.1, 0.15) is 0 Å². The summed E-state index contributed by atoms with van der Waals surface area (Å²) in [5, 5.41) is 6.43. The van der Waals surface area contributed by atoms with E-state index in [1.807, 2.05) is 30.3 Å². The fourth-order valence-corrected chi connectivity index (χ4v) is 2.58. The first-order chi connectivity index (χ1) is 10.2. The van der Waals surface area contributed by atoms with Crippen LogP contribution in [-0.2, 0) is 4.74 Å². The van der Waals surface area contributed by atoms with E-state index in [4.69, 9.17) is 4.74 Å². The summed E-state index contributed by atoms with van der Waals surface area (Å²) < 4.78 is 7.68. The number of benzene rings is 2. The first-order valence-corrected chi connectivity index (χ1v) is 7.39. The van der Waals surface area contributed by atoms with Crippen molar-refractivity contribution in [3.63, 3.8) is 0 Å². The molecule has 1 heterocycles. The molecule has 0 bridgehead atoms. The van der Waals surface area contributed by atoms with Crippen LogP contribution < -0.4 is 0 Å². The molecular weight excluding hydrogens is 332 g/mol. The van der Waals surface area contributed by atoms with Crippen LogP contribution in [0.25, 0.3) is 16.5 Å². The lowest BCUT2D eigenvalue weighted by atomic mass is 10.1. The van der Waals surface area contributed by atoms with Crippen LogP contribution in [-0.4, -0.2) is 22.4 Å². The van der Waals surface area contributed by atoms with Crippen LogP contribution in [0.4, 0.5) is 0 Å². The summed E-state index contributed by atoms with van der Waals surface area (Å²) in [6, 6.07) is 13.7. The van der Waals surface area contributed by atoms with Crippen molar-refractivity contribution in [2.24, 2.45) is 0 Å². The molecule has 0 spiro atoms. The van der Waals surface area contributed by atoms with Crippen molar-refractivity contribution >= 4 is 32.7 Å². The fraction of sp³-hybridized carbons (Fsp3) is 0.125. The Morgan fingerprint density at radius 3 is 2.76 bits per heavy atom. The van der Waals surface area contributed by atoms with Gasteiger partial charge < -0.3 is 4.74 Å². The molecule has 4 nitrogen and oxygen atoms in total. The van der Waals surface area contributed by atoms with Gasteiger partial charge in [0, 0.05) is 4.47 Å². The van der Waals surface area contributed by atoms with Gasteiger partial charge in [-0.3, -0.25) is 0 Å². The minimum atomic E-state index is -0.370. The van der Waals surface area contributed by atoms with Crippen LogP contribution in [0.3, 0.4) is 0 Å². The van der Waals surface area contributed by atoms with Crippen LogP contribution in [0, 0.1) is 0 Å². The van der Waals surface area contributed by atoms with Gasteiger partial charge in [-0.15, -0.1) is 0 Å². The number of ether oxygens (including phenoxy) is 1. The number of aromatic nitrogens is 2. The highest BCUT2D eigenvalue weighted by Crippen LogP contribution is 2.23. The number of hydrogen-bond donors (Lipinski definition) is 0. The van der Waals surface area contributed by atoms with Gasteiger partial charge in [0.05, 0.1) is 18.5 Å². The summed E-state index contributed by atoms with van der Waals surface area (Å²) in [6.07, 6.45) is 1.60. The minimum absolute atomic E-state index is 0.343. The summed E-state index contributed by atoms with van der Waals surface area (Å²) in [5.74, 6) is -0.370. The third-order valence-corrected chi connectivity index (χ3v) is 3.65. The van der Waals surface area contributed by atoms with Crippen LogP contribution in [0.1, 0.15) is 17.4 Å². The number of nitrogens with zero attached hydrogens (tertiary/aromatic N) is 2. The summed E-state index contributed by atoms with van der Waals surface area (Å²) in [6.45, 7) is 2.13. The fourth-order valence-electron chi connectivity index (χ4n) is 2.20. The molecule has 0 aliphatic heterocycles. The normalized spacial score (nSPS) is 10.8. The van der Waals surface area contributed by atoms with Crippen molar-refractivity contribution in [3.8, 4) is 5.69 Å². The topological polar surface area (TPSA) is 44.1 Å². The Morgan fingerprint density at radius 1 is 1.19 bits per heavy atom. The summed E-state index contributed by atoms with van der Waals surface area (Å²) in [5.41, 5.74) is 1.26. The highest BCUT2D eigenvalue weighted by atomic mass is 79.9. The Bertz CT molecular complexity index is 811. The molecule has 2 aromatic carbocycles. The molecule has 1 aromatic heterocycles. The monoisotopic (exact) mass is 344 g/mol. The average Bonchev–Trinajstić information content (AvgIpc) is 2.96. The third-order valence-electron chi connectivity index (χ3n) is 3.16. The molecular formula is C16H13BrN2O2. The summed E-state index contributed by atoms with van der Waals surface area (Å²) in [4.78, 5) is 11.9. The van der Waals surface area contributed by atoms with E-state index < -0.39 is 0 Å². The van der Waals surface area contributed by atoms with Gasteiger partial charge >= 0.3 is 5.97 Å². The van der Waals surface area contributed by atoms with E-state index in [1.165, 1.54) is 0 Å². The van der Waals surface area contributed by atoms with Gasteiger partial charge in [0.15, 0.2) is 5.69 Å². The van der Waals surface area contributed by atoms with E-state index in [0.29, 0.717) is 12.3 Å². The van der Waals surface area contributed by atoms with E-state index in [-0.39, 0.29) is 5.97 Å². The molecule has 0 fully saturated rings. The van der Waals surface area contributed by atoms with Crippen molar-refractivity contribution in [2.45, 2.75) is 6.92 Å². The molecule has 0 aliphatic rings. The Balaban J connectivity index is 2.07. The van der Waals surface area contributed by atoms with Gasteiger partial charge in [0.25, 0.3) is 0 Å². The van der Waals surface area contributed by atoms with Gasteiger partial charge in [-0.1, -0.05) is 28.1 Å². The molecule has 106 valence electrons. The van der Waals surface area contributed by atoms with Crippen molar-refractivity contribution in [3.05, 3.63) is 58.8 Å². The maximum absolute atomic E-state index is 11.9. The van der Waals surface area contributed by atoms with Crippen LogP contribution in [0.5, 0.6) is 0 Å². The standard InChI is InChI=1S/C16H13BrN2O2/c1-2-21-16(20)15-7-8-18-19(15)14-6-4-11-9-13(17)5-3-12(11)10-14/h3-10H,2H2,1H3. The number of fused-ring (bicyclic) bond motifs is 1. The van der Waals surface area contributed by atoms with E-state index >= 15 is 0 Å². The Morgan fingerprint density at radius 2 is 1.95 bits per heavy atom. The van der Waals surface area contributed by atoms with Gasteiger partial charge in [-0.2, -0.15) is 5.10 Å². The molecule has 0 radical (unpaired) electrons. The second-order valence-corrected chi connectivity index (χ2v) is 5.44. The maximum atomic E-state index is 11.9. The lowest BCUT2D eigenvalue weighted by Crippen LogP contribution is -2.11. The molecule has 0 N–H and O–H groups in total. The molecule has 5 heteroatoms. The van der Waals surface area contributed by atoms with Crippen molar-refractivity contribution in [2.75, 3.05) is 6.61 Å². The zero-order valence-electron chi connectivity index (χ0n) is 11.4. The third kappa shape index (κ3) is 2.69. The van der Waals surface area contributed by atoms with Crippen LogP contribution >= 0.6 is 15.9 Å². The van der Waals surface area contributed by atoms with Crippen LogP contribution in [0.15, 0.2) is 53.1 Å². The van der Waals surface area contributed by atoms with E-state index in [2.05, 4.69) is 27.1 Å². The smallest absolute Gasteiger partial charge is 0.357 e. The molecule has 21 heavy (non-hydrogen) atoms. The highest BCUT2D eigenvalue weighted by Gasteiger charge is 2.14. The molecule has 0 saturated carbocycles. The Kier molecular flexibility index (Phi) is 3.75. The zero-order chi connectivity index (χ0) is 14.8. The summed E-state index contributed by atoms with van der Waals surface area (Å²) in [7, 11) is 0. The van der Waals surface area contributed by atoms with E-state index in [0.717, 1.165) is 20.9 Å². The van der Waals surface area contributed by atoms with Crippen molar-refractivity contribution < 1.29 is 9.53 Å². The van der Waals surface area contributed by atoms with Crippen molar-refractivity contribution in [1.82, 2.24) is 9.78 Å². The molecule has 0 atom stereocenters. The number of carbonyl (C=O) groups excluding carboxylic acids is 1. The number of rotatable bonds is 3. The molecule has 0 unspecified atom stereocenters. The van der Waals surface area contributed by atoms with E-state index in [9.17, 15) is 4.79 Å². The number of halogens is 1. The minimum Gasteiger partial charge on any atom is -0.461 e. The second-order valence-electron chi connectivity index (χ2n) is 4.52. The SMILES string of the molecule is CCOC(=O)c1ccnn1-c1ccc2cc(Br)ccc2c1. The first kappa shape index (κ1) is 13.8. The second kappa shape index (κ2) is 5.69. The van der Waals surface area contributed by atoms with Gasteiger partial charge in [-0.05, 0) is 48.0 Å². The largest absolute Gasteiger partial charge is 0.461 e. The molecule has 3 aromatic rings. The summed E-state index contributed by atoms with van der Waals surface area (Å²) >= 11 is 3.46. The predicted octanol–water partition coefficient (Wildman–Crippen LogP) is 3.96. The zero-order valence-corrected chi connectivity index (χ0v) is 13.0. The van der Waals surface area contributed by atoms with Gasteiger partial charge in [-0.25, -0.2) is 9.48 Å². The van der Waals surface area contributed by atoms with Crippen molar-refractivity contribution in [1.29, 1.82) is 0 Å². The maximum Gasteiger partial charge on any atom is 0.357 e. The quantitative estimate of drug-likeness (QED) is 0.675. The Hall–Kier alpha value is -2.14. The lowest BCUT2D eigenvalue weighted by molar-refractivity contribution is 0.0516. The molecule has 0 aliphatic carbocycles. The lowest BCUT2D eigenvalue weighted by Gasteiger charge is -2.08. The first-order valence-electron chi connectivity index (χ1n) is 6.60. The Labute approximate surface area is 130 Å². The molecule has 3 rings (SSSR count). The van der Waals surface area contributed by atoms with E-state index in [1.54, 1.807) is 23.9 Å². The average molecular weight is 345 g/mol. The number of carbonyl (C=O) groups is 1. The number of hydrogen-bond acceptors (Lipinski definition) is 3. The number of esters is 1. The van der Waals surface area contributed by atoms with Crippen LogP contribution in [0.2, 0.25) is 0 Å². The molecule has 0 saturated heterocycles. The highest BCUT2D eigenvalue weighted by molar-refractivity contribution is 9.10. The predicted molar refractivity (Wildman–Crippen MR) is 84.7 cm³/mol.